The highest BCUT2D eigenvalue weighted by atomic mass is 32.2. The predicted molar refractivity (Wildman–Crippen MR) is 70.1 cm³/mol. The Balaban J connectivity index is 2.16. The molecule has 1 unspecified atom stereocenters. The Hall–Kier alpha value is 0.230. The van der Waals surface area contributed by atoms with E-state index < -0.39 is 0 Å². The molecule has 0 aliphatic carbocycles. The van der Waals surface area contributed by atoms with Crippen molar-refractivity contribution in [2.45, 2.75) is 43.9 Å². The maximum Gasteiger partial charge on any atom is 0.0610 e. The summed E-state index contributed by atoms with van der Waals surface area (Å²) in [5, 5.41) is 13.5. The molecule has 1 rings (SSSR count). The lowest BCUT2D eigenvalue weighted by Crippen LogP contribution is -2.46. The smallest absolute Gasteiger partial charge is 0.0610 e. The Morgan fingerprint density at radius 2 is 2.12 bits per heavy atom. The zero-order chi connectivity index (χ0) is 11.9. The summed E-state index contributed by atoms with van der Waals surface area (Å²) in [5.74, 6) is 1.12. The Morgan fingerprint density at radius 3 is 2.69 bits per heavy atom. The zero-order valence-corrected chi connectivity index (χ0v) is 11.3. The van der Waals surface area contributed by atoms with E-state index in [1.807, 2.05) is 11.8 Å². The van der Waals surface area contributed by atoms with Crippen molar-refractivity contribution in [3.8, 4) is 0 Å². The van der Waals surface area contributed by atoms with Gasteiger partial charge in [-0.1, -0.05) is 6.92 Å². The number of aliphatic hydroxyl groups is 1. The lowest BCUT2D eigenvalue weighted by molar-refractivity contribution is 0.0999. The van der Waals surface area contributed by atoms with Crippen molar-refractivity contribution in [3.05, 3.63) is 0 Å². The van der Waals surface area contributed by atoms with Crippen LogP contribution in [-0.2, 0) is 4.74 Å². The quantitative estimate of drug-likeness (QED) is 0.718. The lowest BCUT2D eigenvalue weighted by atomic mass is 10.0. The number of hydrogen-bond donors (Lipinski definition) is 2. The molecule has 0 amide bonds. The Morgan fingerprint density at radius 1 is 1.44 bits per heavy atom. The lowest BCUT2D eigenvalue weighted by Gasteiger charge is -2.29. The molecular weight excluding hydrogens is 222 g/mol. The zero-order valence-electron chi connectivity index (χ0n) is 10.5. The summed E-state index contributed by atoms with van der Waals surface area (Å²) in [6, 6.07) is 0. The van der Waals surface area contributed by atoms with Gasteiger partial charge in [0.25, 0.3) is 0 Å². The van der Waals surface area contributed by atoms with Crippen LogP contribution in [0, 0.1) is 0 Å². The highest BCUT2D eigenvalue weighted by molar-refractivity contribution is 7.99. The van der Waals surface area contributed by atoms with Crippen LogP contribution < -0.4 is 5.32 Å². The predicted octanol–water partition coefficient (Wildman–Crippen LogP) is 1.65. The Kier molecular flexibility index (Phi) is 6.73. The molecule has 96 valence electrons. The van der Waals surface area contributed by atoms with Gasteiger partial charge in [-0.25, -0.2) is 0 Å². The van der Waals surface area contributed by atoms with Gasteiger partial charge < -0.3 is 15.2 Å². The van der Waals surface area contributed by atoms with E-state index in [0.717, 1.165) is 37.2 Å². The minimum atomic E-state index is -0.104. The van der Waals surface area contributed by atoms with Crippen LogP contribution in [0.5, 0.6) is 0 Å². The van der Waals surface area contributed by atoms with Gasteiger partial charge in [-0.05, 0) is 38.5 Å². The van der Waals surface area contributed by atoms with E-state index in [1.54, 1.807) is 0 Å². The van der Waals surface area contributed by atoms with Crippen molar-refractivity contribution in [2.24, 2.45) is 0 Å². The van der Waals surface area contributed by atoms with Crippen molar-refractivity contribution < 1.29 is 9.84 Å². The second kappa shape index (κ2) is 7.54. The van der Waals surface area contributed by atoms with Gasteiger partial charge in [-0.3, -0.25) is 0 Å². The van der Waals surface area contributed by atoms with Crippen LogP contribution in [0.1, 0.15) is 33.1 Å². The molecule has 0 saturated carbocycles. The molecule has 1 heterocycles. The van der Waals surface area contributed by atoms with Crippen LogP contribution in [0.25, 0.3) is 0 Å². The third-order valence-corrected chi connectivity index (χ3v) is 4.51. The number of ether oxygens (including phenoxy) is 1. The molecule has 1 atom stereocenters. The molecule has 2 N–H and O–H groups in total. The van der Waals surface area contributed by atoms with Crippen molar-refractivity contribution in [2.75, 3.05) is 32.1 Å². The Bertz CT molecular complexity index is 186. The summed E-state index contributed by atoms with van der Waals surface area (Å²) in [6.07, 6.45) is 3.39. The molecule has 16 heavy (non-hydrogen) atoms. The summed E-state index contributed by atoms with van der Waals surface area (Å²) >= 11 is 2.03. The second-order valence-corrected chi connectivity index (χ2v) is 6.09. The van der Waals surface area contributed by atoms with Crippen molar-refractivity contribution >= 4 is 11.8 Å². The van der Waals surface area contributed by atoms with E-state index in [0.29, 0.717) is 0 Å². The van der Waals surface area contributed by atoms with E-state index in [9.17, 15) is 5.11 Å². The molecule has 0 radical (unpaired) electrons. The van der Waals surface area contributed by atoms with E-state index >= 15 is 0 Å². The number of thioether (sulfide) groups is 1. The summed E-state index contributed by atoms with van der Waals surface area (Å²) < 4.78 is 5.34. The first kappa shape index (κ1) is 14.3. The van der Waals surface area contributed by atoms with Crippen molar-refractivity contribution in [1.29, 1.82) is 0 Å². The molecular formula is C12H25NO2S. The minimum absolute atomic E-state index is 0.104. The number of rotatable bonds is 7. The molecule has 0 bridgehead atoms. The van der Waals surface area contributed by atoms with Crippen LogP contribution in [0.4, 0.5) is 0 Å². The fraction of sp³-hybridized carbons (Fsp3) is 1.00. The van der Waals surface area contributed by atoms with Gasteiger partial charge in [0.2, 0.25) is 0 Å². The van der Waals surface area contributed by atoms with Gasteiger partial charge in [0.15, 0.2) is 0 Å². The van der Waals surface area contributed by atoms with Gasteiger partial charge in [0.1, 0.15) is 0 Å². The molecule has 0 aromatic carbocycles. The third-order valence-electron chi connectivity index (χ3n) is 3.13. The third kappa shape index (κ3) is 5.04. The monoisotopic (exact) mass is 247 g/mol. The number of hydrogen-bond acceptors (Lipinski definition) is 4. The molecule has 3 nitrogen and oxygen atoms in total. The first-order valence-electron chi connectivity index (χ1n) is 6.25. The van der Waals surface area contributed by atoms with Crippen molar-refractivity contribution in [1.82, 2.24) is 5.32 Å². The molecule has 1 fully saturated rings. The molecule has 1 saturated heterocycles. The van der Waals surface area contributed by atoms with Crippen LogP contribution in [0.15, 0.2) is 0 Å². The highest BCUT2D eigenvalue weighted by Gasteiger charge is 2.22. The fourth-order valence-corrected chi connectivity index (χ4v) is 3.37. The van der Waals surface area contributed by atoms with Gasteiger partial charge in [-0.2, -0.15) is 11.8 Å². The SMILES string of the molecule is CCNC(C)(CO)CCSC1CCOCC1. The van der Waals surface area contributed by atoms with Gasteiger partial charge >= 0.3 is 0 Å². The van der Waals surface area contributed by atoms with Crippen LogP contribution in [-0.4, -0.2) is 48.0 Å². The van der Waals surface area contributed by atoms with Gasteiger partial charge in [0, 0.05) is 24.0 Å². The fourth-order valence-electron chi connectivity index (χ4n) is 1.94. The van der Waals surface area contributed by atoms with Gasteiger partial charge in [0.05, 0.1) is 6.61 Å². The van der Waals surface area contributed by atoms with E-state index in [1.165, 1.54) is 12.8 Å². The van der Waals surface area contributed by atoms with E-state index in [-0.39, 0.29) is 12.1 Å². The normalized spacial score (nSPS) is 21.9. The molecule has 1 aliphatic rings. The molecule has 4 heteroatoms. The average Bonchev–Trinajstić information content (AvgIpc) is 2.31. The number of likely N-dealkylation sites (N-methyl/N-ethyl adjacent to an activating group) is 1. The maximum absolute atomic E-state index is 9.36. The van der Waals surface area contributed by atoms with Crippen LogP contribution in [0.3, 0.4) is 0 Å². The van der Waals surface area contributed by atoms with E-state index in [2.05, 4.69) is 19.2 Å². The van der Waals surface area contributed by atoms with Crippen LogP contribution >= 0.6 is 11.8 Å². The first-order valence-corrected chi connectivity index (χ1v) is 7.30. The first-order chi connectivity index (χ1) is 7.70. The summed E-state index contributed by atoms with van der Waals surface area (Å²) in [4.78, 5) is 0. The summed E-state index contributed by atoms with van der Waals surface area (Å²) in [7, 11) is 0. The standard InChI is InChI=1S/C12H25NO2S/c1-3-13-12(2,10-14)6-9-16-11-4-7-15-8-5-11/h11,13-14H,3-10H2,1-2H3. The summed E-state index contributed by atoms with van der Waals surface area (Å²) in [5.41, 5.74) is -0.104. The van der Waals surface area contributed by atoms with Crippen molar-refractivity contribution in [3.63, 3.8) is 0 Å². The molecule has 0 spiro atoms. The topological polar surface area (TPSA) is 41.5 Å². The van der Waals surface area contributed by atoms with E-state index in [4.69, 9.17) is 4.74 Å². The minimum Gasteiger partial charge on any atom is -0.394 e. The maximum atomic E-state index is 9.36. The second-order valence-electron chi connectivity index (χ2n) is 4.68. The van der Waals surface area contributed by atoms with Crippen LogP contribution in [0.2, 0.25) is 0 Å². The van der Waals surface area contributed by atoms with Gasteiger partial charge in [-0.15, -0.1) is 0 Å². The average molecular weight is 247 g/mol. The number of nitrogens with one attached hydrogen (secondary N) is 1. The molecule has 0 aromatic rings. The highest BCUT2D eigenvalue weighted by Crippen LogP contribution is 2.24. The molecule has 0 aromatic heterocycles. The number of aliphatic hydroxyl groups excluding tert-OH is 1. The Labute approximate surface area is 103 Å². The molecule has 1 aliphatic heterocycles. The largest absolute Gasteiger partial charge is 0.394 e. The summed E-state index contributed by atoms with van der Waals surface area (Å²) in [6.45, 7) is 7.15.